The molecule has 0 aromatic rings. The molecule has 15 heavy (non-hydrogen) atoms. The standard InChI is InChI=1S/C8H10N2O3S2/c1-9-6-5(12)10-3-2-4(11)8(10,7(9)13)15-14-6/h4,6,11H,2-3H2,1H3/t4-,6+,8+/m0/s1. The highest BCUT2D eigenvalue weighted by molar-refractivity contribution is 8.78. The van der Waals surface area contributed by atoms with Crippen LogP contribution in [0, 0.1) is 0 Å². The fraction of sp³-hybridized carbons (Fsp3) is 0.750. The zero-order valence-corrected chi connectivity index (χ0v) is 9.68. The predicted octanol–water partition coefficient (Wildman–Crippen LogP) is -0.531. The van der Waals surface area contributed by atoms with Crippen LogP contribution >= 0.6 is 21.6 Å². The summed E-state index contributed by atoms with van der Waals surface area (Å²) in [6, 6.07) is 0. The zero-order valence-electron chi connectivity index (χ0n) is 8.04. The molecule has 2 bridgehead atoms. The van der Waals surface area contributed by atoms with Crippen LogP contribution in [0.3, 0.4) is 0 Å². The quantitative estimate of drug-likeness (QED) is 0.582. The third-order valence-corrected chi connectivity index (χ3v) is 6.52. The Kier molecular flexibility index (Phi) is 1.85. The van der Waals surface area contributed by atoms with Gasteiger partial charge in [0, 0.05) is 13.6 Å². The van der Waals surface area contributed by atoms with Crippen LogP contribution in [0.4, 0.5) is 0 Å². The third kappa shape index (κ3) is 0.920. The Morgan fingerprint density at radius 3 is 3.00 bits per heavy atom. The molecule has 2 amide bonds. The summed E-state index contributed by atoms with van der Waals surface area (Å²) in [5.41, 5.74) is 0. The highest BCUT2D eigenvalue weighted by Crippen LogP contribution is 2.57. The number of carbonyl (C=O) groups excluding carboxylic acids is 2. The van der Waals surface area contributed by atoms with Crippen LogP contribution in [0.5, 0.6) is 0 Å². The lowest BCUT2D eigenvalue weighted by molar-refractivity contribution is -0.159. The maximum Gasteiger partial charge on any atom is 0.263 e. The second kappa shape index (κ2) is 2.83. The fourth-order valence-electron chi connectivity index (χ4n) is 2.34. The van der Waals surface area contributed by atoms with Gasteiger partial charge in [0.05, 0.1) is 6.10 Å². The third-order valence-electron chi connectivity index (χ3n) is 3.20. The topological polar surface area (TPSA) is 60.9 Å². The molecule has 1 N–H and O–H groups in total. The first-order chi connectivity index (χ1) is 7.09. The average Bonchev–Trinajstić information content (AvgIpc) is 2.55. The van der Waals surface area contributed by atoms with Crippen LogP contribution in [0.25, 0.3) is 0 Å². The summed E-state index contributed by atoms with van der Waals surface area (Å²) in [6.45, 7) is 0.490. The summed E-state index contributed by atoms with van der Waals surface area (Å²) in [6.07, 6.45) is -0.249. The van der Waals surface area contributed by atoms with Crippen LogP contribution in [-0.4, -0.2) is 56.7 Å². The maximum atomic E-state index is 12.1. The molecule has 0 radical (unpaired) electrons. The molecule has 82 valence electrons. The van der Waals surface area contributed by atoms with Gasteiger partial charge in [-0.2, -0.15) is 0 Å². The van der Waals surface area contributed by atoms with Crippen LogP contribution in [0.2, 0.25) is 0 Å². The fourth-order valence-corrected chi connectivity index (χ4v) is 5.90. The van der Waals surface area contributed by atoms with Gasteiger partial charge in [-0.15, -0.1) is 0 Å². The number of nitrogens with zero attached hydrogens (tertiary/aromatic N) is 2. The molecule has 1 spiro atoms. The minimum atomic E-state index is -1.04. The van der Waals surface area contributed by atoms with Gasteiger partial charge in [-0.3, -0.25) is 9.59 Å². The molecule has 0 unspecified atom stereocenters. The number of rotatable bonds is 0. The average molecular weight is 246 g/mol. The van der Waals surface area contributed by atoms with Gasteiger partial charge in [0.25, 0.3) is 11.8 Å². The lowest BCUT2D eigenvalue weighted by atomic mass is 10.1. The maximum absolute atomic E-state index is 12.1. The molecule has 4 heterocycles. The Morgan fingerprint density at radius 1 is 1.53 bits per heavy atom. The summed E-state index contributed by atoms with van der Waals surface area (Å²) in [7, 11) is 4.34. The van der Waals surface area contributed by atoms with E-state index in [1.165, 1.54) is 26.5 Å². The van der Waals surface area contributed by atoms with E-state index >= 15 is 0 Å². The number of amides is 2. The Labute approximate surface area is 94.6 Å². The molecular weight excluding hydrogens is 236 g/mol. The van der Waals surface area contributed by atoms with Crippen molar-refractivity contribution >= 4 is 33.4 Å². The molecule has 4 aliphatic heterocycles. The van der Waals surface area contributed by atoms with Crippen LogP contribution in [-0.2, 0) is 9.59 Å². The van der Waals surface area contributed by atoms with Gasteiger partial charge in [0.1, 0.15) is 0 Å². The van der Waals surface area contributed by atoms with Gasteiger partial charge < -0.3 is 14.9 Å². The molecule has 4 fully saturated rings. The summed E-state index contributed by atoms with van der Waals surface area (Å²) >= 11 is 0. The van der Waals surface area contributed by atoms with Crippen molar-refractivity contribution in [1.29, 1.82) is 0 Å². The van der Waals surface area contributed by atoms with Crippen LogP contribution in [0.1, 0.15) is 6.42 Å². The molecule has 0 aromatic carbocycles. The van der Waals surface area contributed by atoms with Gasteiger partial charge >= 0.3 is 0 Å². The Balaban J connectivity index is 2.14. The SMILES string of the molecule is CN1C(=O)[C@@]23SS[C@@H]1C(=O)N2CC[C@@H]3O. The lowest BCUT2D eigenvalue weighted by Gasteiger charge is -2.52. The number of piperazine rings is 1. The number of fused-ring (bicyclic) bond motifs is 2. The van der Waals surface area contributed by atoms with E-state index in [-0.39, 0.29) is 11.8 Å². The molecule has 4 rings (SSSR count). The summed E-state index contributed by atoms with van der Waals surface area (Å²) in [5, 5.41) is 9.52. The van der Waals surface area contributed by atoms with Crippen molar-refractivity contribution in [3.05, 3.63) is 0 Å². The van der Waals surface area contributed by atoms with Crippen molar-refractivity contribution in [3.63, 3.8) is 0 Å². The Bertz CT molecular complexity index is 364. The van der Waals surface area contributed by atoms with Crippen molar-refractivity contribution < 1.29 is 14.7 Å². The van der Waals surface area contributed by atoms with Gasteiger partial charge in [-0.25, -0.2) is 0 Å². The molecule has 7 heteroatoms. The Morgan fingerprint density at radius 2 is 2.27 bits per heavy atom. The van der Waals surface area contributed by atoms with Crippen LogP contribution < -0.4 is 0 Å². The molecule has 0 saturated carbocycles. The number of carbonyl (C=O) groups is 2. The van der Waals surface area contributed by atoms with Gasteiger partial charge in [0.15, 0.2) is 5.37 Å². The van der Waals surface area contributed by atoms with E-state index in [1.54, 1.807) is 11.9 Å². The number of aliphatic hydroxyl groups excluding tert-OH is 1. The first kappa shape index (κ1) is 9.80. The lowest BCUT2D eigenvalue weighted by Crippen LogP contribution is -2.71. The molecule has 0 aliphatic carbocycles. The van der Waals surface area contributed by atoms with E-state index in [0.717, 1.165) is 0 Å². The summed E-state index contributed by atoms with van der Waals surface area (Å²) in [4.78, 5) is 26.0. The first-order valence-corrected chi connectivity index (χ1v) is 6.91. The monoisotopic (exact) mass is 246 g/mol. The van der Waals surface area contributed by atoms with Gasteiger partial charge in [-0.05, 0) is 17.2 Å². The largest absolute Gasteiger partial charge is 0.389 e. The Hall–Kier alpha value is -0.400. The zero-order chi connectivity index (χ0) is 10.8. The molecule has 4 aliphatic rings. The van der Waals surface area contributed by atoms with E-state index in [2.05, 4.69) is 0 Å². The second-order valence-electron chi connectivity index (χ2n) is 3.94. The van der Waals surface area contributed by atoms with Gasteiger partial charge in [0.2, 0.25) is 4.87 Å². The minimum Gasteiger partial charge on any atom is -0.389 e. The molecule has 5 nitrogen and oxygen atoms in total. The van der Waals surface area contributed by atoms with E-state index in [1.807, 2.05) is 0 Å². The first-order valence-electron chi connectivity index (χ1n) is 4.70. The van der Waals surface area contributed by atoms with Crippen molar-refractivity contribution in [2.75, 3.05) is 13.6 Å². The van der Waals surface area contributed by atoms with Crippen molar-refractivity contribution in [2.45, 2.75) is 22.8 Å². The normalized spacial score (nSPS) is 43.9. The van der Waals surface area contributed by atoms with E-state index in [0.29, 0.717) is 13.0 Å². The van der Waals surface area contributed by atoms with Crippen molar-refractivity contribution in [2.24, 2.45) is 0 Å². The van der Waals surface area contributed by atoms with Crippen molar-refractivity contribution in [1.82, 2.24) is 9.80 Å². The second-order valence-corrected chi connectivity index (χ2v) is 6.44. The van der Waals surface area contributed by atoms with Gasteiger partial charge in [-0.1, -0.05) is 10.8 Å². The minimum absolute atomic E-state index is 0.0441. The van der Waals surface area contributed by atoms with Crippen molar-refractivity contribution in [3.8, 4) is 0 Å². The number of aliphatic hydroxyl groups is 1. The number of hydrogen-bond donors (Lipinski definition) is 1. The molecular formula is C8H10N2O3S2. The highest BCUT2D eigenvalue weighted by atomic mass is 33.1. The smallest absolute Gasteiger partial charge is 0.263 e. The van der Waals surface area contributed by atoms with E-state index < -0.39 is 16.3 Å². The number of hydrogen-bond acceptors (Lipinski definition) is 5. The van der Waals surface area contributed by atoms with E-state index in [4.69, 9.17) is 0 Å². The number of likely N-dealkylation sites (N-methyl/N-ethyl adjacent to an activating group) is 1. The summed E-state index contributed by atoms with van der Waals surface area (Å²) < 4.78 is 0. The molecule has 3 atom stereocenters. The predicted molar refractivity (Wildman–Crippen MR) is 56.8 cm³/mol. The van der Waals surface area contributed by atoms with Crippen LogP contribution in [0.15, 0.2) is 0 Å². The van der Waals surface area contributed by atoms with E-state index in [9.17, 15) is 14.7 Å². The summed E-state index contributed by atoms with van der Waals surface area (Å²) in [5.74, 6) is -0.182. The highest BCUT2D eigenvalue weighted by Gasteiger charge is 2.67. The molecule has 4 saturated heterocycles. The molecule has 0 aromatic heterocycles.